The van der Waals surface area contributed by atoms with Crippen molar-refractivity contribution in [2.45, 2.75) is 76.4 Å². The van der Waals surface area contributed by atoms with E-state index in [1.165, 1.54) is 18.4 Å². The van der Waals surface area contributed by atoms with E-state index in [4.69, 9.17) is 14.5 Å². The van der Waals surface area contributed by atoms with Crippen molar-refractivity contribution in [3.63, 3.8) is 0 Å². The van der Waals surface area contributed by atoms with Crippen molar-refractivity contribution in [1.82, 2.24) is 15.2 Å². The van der Waals surface area contributed by atoms with Gasteiger partial charge in [-0.15, -0.1) is 0 Å². The van der Waals surface area contributed by atoms with Crippen LogP contribution in [0.25, 0.3) is 0 Å². The van der Waals surface area contributed by atoms with Gasteiger partial charge in [0.15, 0.2) is 0 Å². The molecule has 2 heterocycles. The molecule has 1 atom stereocenters. The lowest BCUT2D eigenvalue weighted by Crippen LogP contribution is -2.46. The summed E-state index contributed by atoms with van der Waals surface area (Å²) in [5.74, 6) is -0.00132. The molecule has 2 fully saturated rings. The fraction of sp³-hybridized carbons (Fsp3) is 0.731. The molecule has 9 heteroatoms. The second-order valence-electron chi connectivity index (χ2n) is 10.4. The van der Waals surface area contributed by atoms with Crippen LogP contribution < -0.4 is 10.6 Å². The van der Waals surface area contributed by atoms with Gasteiger partial charge in [-0.3, -0.25) is 0 Å². The molecule has 0 bridgehead atoms. The van der Waals surface area contributed by atoms with Crippen LogP contribution in [0.2, 0.25) is 0 Å². The van der Waals surface area contributed by atoms with Crippen LogP contribution in [0, 0.1) is 5.41 Å². The first kappa shape index (κ1) is 25.7. The van der Waals surface area contributed by atoms with Gasteiger partial charge in [-0.25, -0.2) is 14.6 Å². The van der Waals surface area contributed by atoms with E-state index in [1.807, 2.05) is 0 Å². The number of nitrogens with one attached hydrogen (secondary N) is 2. The maximum Gasteiger partial charge on any atom is 0.408 e. The number of anilines is 1. The van der Waals surface area contributed by atoms with E-state index in [0.717, 1.165) is 76.1 Å². The molecule has 35 heavy (non-hydrogen) atoms. The average Bonchev–Trinajstić information content (AvgIpc) is 3.62. The van der Waals surface area contributed by atoms with Crippen LogP contribution in [0.15, 0.2) is 12.1 Å². The summed E-state index contributed by atoms with van der Waals surface area (Å²) < 4.78 is 10.7. The predicted octanol–water partition coefficient (Wildman–Crippen LogP) is 3.22. The zero-order valence-electron chi connectivity index (χ0n) is 20.9. The minimum atomic E-state index is -1.03. The van der Waals surface area contributed by atoms with Crippen molar-refractivity contribution in [3.05, 3.63) is 23.4 Å². The number of hydrogen-bond donors (Lipinski definition) is 3. The summed E-state index contributed by atoms with van der Waals surface area (Å²) in [6.45, 7) is 3.69. The number of fused-ring (bicyclic) bond motifs is 1. The van der Waals surface area contributed by atoms with E-state index in [1.54, 1.807) is 7.11 Å². The highest BCUT2D eigenvalue weighted by atomic mass is 16.6. The van der Waals surface area contributed by atoms with Gasteiger partial charge >= 0.3 is 12.1 Å². The Labute approximate surface area is 208 Å². The fourth-order valence-electron chi connectivity index (χ4n) is 5.18. The van der Waals surface area contributed by atoms with Gasteiger partial charge in [-0.05, 0) is 87.8 Å². The van der Waals surface area contributed by atoms with Crippen molar-refractivity contribution < 1.29 is 24.2 Å². The molecule has 3 aliphatic rings. The van der Waals surface area contributed by atoms with E-state index >= 15 is 0 Å². The first-order valence-electron chi connectivity index (χ1n) is 13.1. The molecule has 0 saturated heterocycles. The molecule has 1 spiro atoms. The van der Waals surface area contributed by atoms with E-state index in [9.17, 15) is 14.7 Å². The predicted molar refractivity (Wildman–Crippen MR) is 133 cm³/mol. The summed E-state index contributed by atoms with van der Waals surface area (Å²) in [4.78, 5) is 30.9. The Morgan fingerprint density at radius 3 is 2.83 bits per heavy atom. The number of alkyl carbamates (subject to hydrolysis) is 1. The van der Waals surface area contributed by atoms with Crippen molar-refractivity contribution >= 4 is 17.9 Å². The molecular formula is C26H40N4O5. The van der Waals surface area contributed by atoms with Gasteiger partial charge in [0, 0.05) is 32.4 Å². The highest BCUT2D eigenvalue weighted by molar-refractivity contribution is 5.79. The van der Waals surface area contributed by atoms with Gasteiger partial charge < -0.3 is 30.1 Å². The molecule has 1 aromatic rings. The topological polar surface area (TPSA) is 113 Å². The Morgan fingerprint density at radius 2 is 2.09 bits per heavy atom. The molecule has 0 unspecified atom stereocenters. The number of hydrogen-bond acceptors (Lipinski definition) is 7. The lowest BCUT2D eigenvalue weighted by atomic mass is 9.79. The number of rotatable bonds is 14. The Kier molecular flexibility index (Phi) is 8.83. The van der Waals surface area contributed by atoms with Gasteiger partial charge in [0.1, 0.15) is 18.0 Å². The van der Waals surface area contributed by atoms with Crippen LogP contribution in [-0.2, 0) is 27.1 Å². The van der Waals surface area contributed by atoms with Gasteiger partial charge in [0.2, 0.25) is 0 Å². The van der Waals surface area contributed by atoms with E-state index < -0.39 is 18.1 Å². The minimum absolute atomic E-state index is 0.0643. The number of aromatic nitrogens is 1. The smallest absolute Gasteiger partial charge is 0.408 e. The number of aliphatic carboxylic acids is 1. The third-order valence-electron chi connectivity index (χ3n) is 7.60. The molecule has 1 aromatic heterocycles. The summed E-state index contributed by atoms with van der Waals surface area (Å²) >= 11 is 0. The van der Waals surface area contributed by atoms with Crippen LogP contribution in [0.3, 0.4) is 0 Å². The molecule has 3 N–H and O–H groups in total. The quantitative estimate of drug-likeness (QED) is 0.342. The second kappa shape index (κ2) is 12.0. The highest BCUT2D eigenvalue weighted by Gasteiger charge is 2.54. The number of pyridine rings is 1. The molecule has 4 rings (SSSR count). The number of unbranched alkanes of at least 4 members (excludes halogenated alkanes) is 1. The lowest BCUT2D eigenvalue weighted by molar-refractivity contribution is -0.139. The number of carboxylic acid groups (broad SMARTS) is 1. The molecule has 2 saturated carbocycles. The SMILES string of the molecule is COCCN(CCCCc1ccc2c(n1)NCCC2)CC[C@H](NC(=O)OC1CC2(CC2)C1)C(=O)O. The zero-order chi connectivity index (χ0) is 24.7. The summed E-state index contributed by atoms with van der Waals surface area (Å²) in [5, 5.41) is 15.6. The van der Waals surface area contributed by atoms with Gasteiger partial charge in [-0.1, -0.05) is 6.07 Å². The number of methoxy groups -OCH3 is 1. The molecule has 1 amide bonds. The first-order valence-corrected chi connectivity index (χ1v) is 13.1. The molecule has 0 aromatic carbocycles. The molecular weight excluding hydrogens is 448 g/mol. The number of carboxylic acids is 1. The summed E-state index contributed by atoms with van der Waals surface area (Å²) in [6.07, 6.45) is 9.08. The zero-order valence-corrected chi connectivity index (χ0v) is 20.9. The maximum atomic E-state index is 12.2. The van der Waals surface area contributed by atoms with Gasteiger partial charge in [0.25, 0.3) is 0 Å². The largest absolute Gasteiger partial charge is 0.480 e. The maximum absolute atomic E-state index is 12.2. The van der Waals surface area contributed by atoms with Crippen molar-refractivity contribution in [1.29, 1.82) is 0 Å². The molecule has 9 nitrogen and oxygen atoms in total. The fourth-order valence-corrected chi connectivity index (χ4v) is 5.18. The lowest BCUT2D eigenvalue weighted by Gasteiger charge is -2.35. The van der Waals surface area contributed by atoms with Crippen LogP contribution >= 0.6 is 0 Å². The van der Waals surface area contributed by atoms with Crippen molar-refractivity contribution in [2.24, 2.45) is 5.41 Å². The highest BCUT2D eigenvalue weighted by Crippen LogP contribution is 2.61. The number of ether oxygens (including phenoxy) is 2. The molecule has 0 radical (unpaired) electrons. The van der Waals surface area contributed by atoms with Gasteiger partial charge in [-0.2, -0.15) is 0 Å². The third kappa shape index (κ3) is 7.54. The Hall–Kier alpha value is -2.39. The number of amides is 1. The Morgan fingerprint density at radius 1 is 1.26 bits per heavy atom. The van der Waals surface area contributed by atoms with Crippen LogP contribution in [0.4, 0.5) is 10.6 Å². The van der Waals surface area contributed by atoms with Crippen LogP contribution in [0.5, 0.6) is 0 Å². The number of carbonyl (C=O) groups excluding carboxylic acids is 1. The monoisotopic (exact) mass is 488 g/mol. The van der Waals surface area contributed by atoms with Crippen molar-refractivity contribution in [2.75, 3.05) is 45.2 Å². The number of aryl methyl sites for hydroxylation is 2. The number of carbonyl (C=O) groups is 2. The summed E-state index contributed by atoms with van der Waals surface area (Å²) in [6, 6.07) is 3.35. The third-order valence-corrected chi connectivity index (χ3v) is 7.60. The van der Waals surface area contributed by atoms with Crippen molar-refractivity contribution in [3.8, 4) is 0 Å². The van der Waals surface area contributed by atoms with E-state index in [0.29, 0.717) is 25.0 Å². The molecule has 194 valence electrons. The van der Waals surface area contributed by atoms with E-state index in [2.05, 4.69) is 27.7 Å². The Bertz CT molecular complexity index is 867. The van der Waals surface area contributed by atoms with Gasteiger partial charge in [0.05, 0.1) is 6.61 Å². The summed E-state index contributed by atoms with van der Waals surface area (Å²) in [7, 11) is 1.66. The number of nitrogens with zero attached hydrogens (tertiary/aromatic N) is 2. The second-order valence-corrected chi connectivity index (χ2v) is 10.4. The average molecular weight is 489 g/mol. The van der Waals surface area contributed by atoms with E-state index in [-0.39, 0.29) is 6.10 Å². The normalized spacial score (nSPS) is 18.9. The Balaban J connectivity index is 1.18. The first-order chi connectivity index (χ1) is 17.0. The summed E-state index contributed by atoms with van der Waals surface area (Å²) in [5.41, 5.74) is 2.84. The molecule has 1 aliphatic heterocycles. The standard InChI is InChI=1S/C26H40N4O5/c1-34-16-15-30(13-3-2-6-20-8-7-19-5-4-12-27-23(19)28-20)14-9-22(24(31)32)29-25(33)35-21-17-26(18-21)10-11-26/h7-8,21-22H,2-6,9-18H2,1H3,(H,27,28)(H,29,33)(H,31,32)/t22-/m0/s1. The van der Waals surface area contributed by atoms with Crippen LogP contribution in [0.1, 0.15) is 62.6 Å². The molecule has 2 aliphatic carbocycles. The van der Waals surface area contributed by atoms with Crippen LogP contribution in [-0.4, -0.2) is 79.1 Å². The minimum Gasteiger partial charge on any atom is -0.480 e.